The molecule has 0 radical (unpaired) electrons. The molecule has 0 aliphatic carbocycles. The molecule has 0 spiro atoms. The smallest absolute Gasteiger partial charge is 0.161 e. The molecular weight excluding hydrogens is 180 g/mol. The molecule has 0 bridgehead atoms. The van der Waals surface area contributed by atoms with Crippen molar-refractivity contribution < 1.29 is 14.6 Å². The molecule has 3 heteroatoms. The largest absolute Gasteiger partial charge is 0.504 e. The third-order valence-electron chi connectivity index (χ3n) is 1.64. The molecule has 0 saturated carbocycles. The van der Waals surface area contributed by atoms with E-state index in [1.165, 1.54) is 13.2 Å². The van der Waals surface area contributed by atoms with Crippen LogP contribution in [0.25, 0.3) is 0 Å². The van der Waals surface area contributed by atoms with Crippen LogP contribution in [0.4, 0.5) is 0 Å². The van der Waals surface area contributed by atoms with E-state index >= 15 is 0 Å². The summed E-state index contributed by atoms with van der Waals surface area (Å²) < 4.78 is 4.86. The molecule has 1 rings (SSSR count). The molecule has 14 heavy (non-hydrogen) atoms. The molecule has 0 unspecified atom stereocenters. The monoisotopic (exact) mass is 196 g/mol. The molecule has 0 fully saturated rings. The molecule has 78 valence electrons. The number of rotatable bonds is 2. The Morgan fingerprint density at radius 1 is 1.36 bits per heavy atom. The van der Waals surface area contributed by atoms with Crippen LogP contribution in [0.1, 0.15) is 29.8 Å². The Balaban J connectivity index is 0.000000791. The summed E-state index contributed by atoms with van der Waals surface area (Å²) in [5.74, 6) is 0.417. The Kier molecular flexibility index (Phi) is 5.37. The number of carbonyl (C=O) groups is 1. The topological polar surface area (TPSA) is 46.5 Å². The quantitative estimate of drug-likeness (QED) is 0.739. The van der Waals surface area contributed by atoms with Crippen LogP contribution in [0, 0.1) is 6.92 Å². The molecule has 0 saturated heterocycles. The summed E-state index contributed by atoms with van der Waals surface area (Å²) in [6.45, 7) is 5.71. The summed E-state index contributed by atoms with van der Waals surface area (Å²) in [6.07, 6.45) is 0.717. The van der Waals surface area contributed by atoms with Gasteiger partial charge in [-0.15, -0.1) is 0 Å². The van der Waals surface area contributed by atoms with Crippen LogP contribution in [0.3, 0.4) is 0 Å². The highest BCUT2D eigenvalue weighted by Gasteiger charge is 2.05. The third kappa shape index (κ3) is 2.76. The number of aldehydes is 1. The van der Waals surface area contributed by atoms with Gasteiger partial charge in [-0.3, -0.25) is 4.79 Å². The number of benzene rings is 1. The van der Waals surface area contributed by atoms with Crippen molar-refractivity contribution >= 4 is 6.29 Å². The van der Waals surface area contributed by atoms with Crippen LogP contribution < -0.4 is 4.74 Å². The maximum atomic E-state index is 10.4. The van der Waals surface area contributed by atoms with Crippen molar-refractivity contribution in [2.45, 2.75) is 20.8 Å². The lowest BCUT2D eigenvalue weighted by atomic mass is 10.1. The second kappa shape index (κ2) is 6.02. The lowest BCUT2D eigenvalue weighted by Gasteiger charge is -2.05. The van der Waals surface area contributed by atoms with Crippen molar-refractivity contribution in [3.8, 4) is 11.5 Å². The highest BCUT2D eigenvalue weighted by molar-refractivity contribution is 5.77. The first kappa shape index (κ1) is 12.5. The molecule has 3 nitrogen and oxygen atoms in total. The van der Waals surface area contributed by atoms with Crippen molar-refractivity contribution in [2.75, 3.05) is 7.11 Å². The molecule has 1 N–H and O–H groups in total. The van der Waals surface area contributed by atoms with Crippen molar-refractivity contribution in [3.63, 3.8) is 0 Å². The lowest BCUT2D eigenvalue weighted by Crippen LogP contribution is -1.89. The fraction of sp³-hybridized carbons (Fsp3) is 0.364. The highest BCUT2D eigenvalue weighted by Crippen LogP contribution is 2.29. The minimum atomic E-state index is 0.0862. The summed E-state index contributed by atoms with van der Waals surface area (Å²) in [5.41, 5.74) is 1.14. The second-order valence-electron chi connectivity index (χ2n) is 2.51. The number of ether oxygens (including phenoxy) is 1. The number of hydrogen-bond donors (Lipinski definition) is 1. The third-order valence-corrected chi connectivity index (χ3v) is 1.64. The highest BCUT2D eigenvalue weighted by atomic mass is 16.5. The first-order valence-electron chi connectivity index (χ1n) is 4.52. The van der Waals surface area contributed by atoms with E-state index in [1.807, 2.05) is 13.8 Å². The number of phenolic OH excluding ortho intramolecular Hbond substituents is 1. The normalized spacial score (nSPS) is 8.57. The van der Waals surface area contributed by atoms with E-state index in [9.17, 15) is 9.90 Å². The number of phenols is 1. The summed E-state index contributed by atoms with van der Waals surface area (Å²) in [4.78, 5) is 10.4. The van der Waals surface area contributed by atoms with Gasteiger partial charge in [-0.05, 0) is 24.6 Å². The maximum absolute atomic E-state index is 10.4. The summed E-state index contributed by atoms with van der Waals surface area (Å²) in [5, 5.41) is 9.38. The molecule has 0 heterocycles. The van der Waals surface area contributed by atoms with Crippen LogP contribution in [0.5, 0.6) is 11.5 Å². The van der Waals surface area contributed by atoms with Crippen molar-refractivity contribution in [3.05, 3.63) is 23.3 Å². The number of hydrogen-bond acceptors (Lipinski definition) is 3. The van der Waals surface area contributed by atoms with Gasteiger partial charge < -0.3 is 9.84 Å². The van der Waals surface area contributed by atoms with Crippen molar-refractivity contribution in [2.24, 2.45) is 0 Å². The zero-order valence-electron chi connectivity index (χ0n) is 9.00. The van der Waals surface area contributed by atoms with E-state index in [2.05, 4.69) is 0 Å². The number of carbonyl (C=O) groups excluding carboxylic acids is 1. The zero-order valence-corrected chi connectivity index (χ0v) is 9.00. The SMILES string of the molecule is CC.COc1cc(C=O)cc(C)c1O. The Labute approximate surface area is 84.3 Å². The predicted molar refractivity (Wildman–Crippen MR) is 56.1 cm³/mol. The Morgan fingerprint density at radius 3 is 2.36 bits per heavy atom. The first-order valence-corrected chi connectivity index (χ1v) is 4.52. The molecule has 0 atom stereocenters. The fourth-order valence-electron chi connectivity index (χ4n) is 0.998. The summed E-state index contributed by atoms with van der Waals surface area (Å²) >= 11 is 0. The van der Waals surface area contributed by atoms with E-state index in [0.717, 1.165) is 6.29 Å². The number of aryl methyl sites for hydroxylation is 1. The predicted octanol–water partition coefficient (Wildman–Crippen LogP) is 2.55. The molecule has 1 aromatic carbocycles. The molecule has 1 aromatic rings. The summed E-state index contributed by atoms with van der Waals surface area (Å²) in [6, 6.07) is 3.10. The standard InChI is InChI=1S/C9H10O3.C2H6/c1-6-3-7(5-10)4-8(12-2)9(6)11;1-2/h3-5,11H,1-2H3;1-2H3. The van der Waals surface area contributed by atoms with Crippen LogP contribution in [-0.2, 0) is 0 Å². The fourth-order valence-corrected chi connectivity index (χ4v) is 0.998. The summed E-state index contributed by atoms with van der Waals surface area (Å²) in [7, 11) is 1.45. The van der Waals surface area contributed by atoms with Crippen LogP contribution in [0.15, 0.2) is 12.1 Å². The van der Waals surface area contributed by atoms with Gasteiger partial charge in [-0.25, -0.2) is 0 Å². The first-order chi connectivity index (χ1) is 6.69. The van der Waals surface area contributed by atoms with Gasteiger partial charge in [0, 0.05) is 5.56 Å². The van der Waals surface area contributed by atoms with E-state index < -0.39 is 0 Å². The molecule has 0 aliphatic rings. The second-order valence-corrected chi connectivity index (χ2v) is 2.51. The van der Waals surface area contributed by atoms with E-state index in [-0.39, 0.29) is 5.75 Å². The van der Waals surface area contributed by atoms with Gasteiger partial charge in [0.25, 0.3) is 0 Å². The average molecular weight is 196 g/mol. The van der Waals surface area contributed by atoms with Gasteiger partial charge in [-0.1, -0.05) is 13.8 Å². The van der Waals surface area contributed by atoms with E-state index in [0.29, 0.717) is 16.9 Å². The molecule has 0 aliphatic heterocycles. The maximum Gasteiger partial charge on any atom is 0.161 e. The van der Waals surface area contributed by atoms with Crippen LogP contribution >= 0.6 is 0 Å². The van der Waals surface area contributed by atoms with Crippen molar-refractivity contribution in [1.82, 2.24) is 0 Å². The van der Waals surface area contributed by atoms with Crippen LogP contribution in [-0.4, -0.2) is 18.5 Å². The Hall–Kier alpha value is -1.51. The van der Waals surface area contributed by atoms with Gasteiger partial charge in [0.05, 0.1) is 7.11 Å². The number of methoxy groups -OCH3 is 1. The van der Waals surface area contributed by atoms with E-state index in [4.69, 9.17) is 4.74 Å². The van der Waals surface area contributed by atoms with Gasteiger partial charge in [-0.2, -0.15) is 0 Å². The average Bonchev–Trinajstić information content (AvgIpc) is 2.24. The van der Waals surface area contributed by atoms with E-state index in [1.54, 1.807) is 13.0 Å². The van der Waals surface area contributed by atoms with Gasteiger partial charge in [0.15, 0.2) is 11.5 Å². The van der Waals surface area contributed by atoms with Gasteiger partial charge >= 0.3 is 0 Å². The molecule has 0 aromatic heterocycles. The molecule has 0 amide bonds. The number of aromatic hydroxyl groups is 1. The Morgan fingerprint density at radius 2 is 1.93 bits per heavy atom. The van der Waals surface area contributed by atoms with Gasteiger partial charge in [0.1, 0.15) is 6.29 Å². The Bertz CT molecular complexity index is 306. The van der Waals surface area contributed by atoms with Crippen LogP contribution in [0.2, 0.25) is 0 Å². The molecular formula is C11H16O3. The minimum absolute atomic E-state index is 0.0862. The zero-order chi connectivity index (χ0) is 11.1. The van der Waals surface area contributed by atoms with Crippen molar-refractivity contribution in [1.29, 1.82) is 0 Å². The lowest BCUT2D eigenvalue weighted by molar-refractivity contribution is 0.112. The minimum Gasteiger partial charge on any atom is -0.504 e. The van der Waals surface area contributed by atoms with Gasteiger partial charge in [0.2, 0.25) is 0 Å².